The van der Waals surface area contributed by atoms with Gasteiger partial charge >= 0.3 is 266 Å². The van der Waals surface area contributed by atoms with Crippen LogP contribution in [0.15, 0.2) is 56.4 Å². The van der Waals surface area contributed by atoms with E-state index < -0.39 is 110 Å². The predicted molar refractivity (Wildman–Crippen MR) is 145 cm³/mol. The van der Waals surface area contributed by atoms with E-state index in [-0.39, 0.29) is 0 Å². The van der Waals surface area contributed by atoms with E-state index in [1.807, 2.05) is 0 Å². The minimum atomic E-state index is -1.63. The van der Waals surface area contributed by atoms with E-state index in [1.54, 1.807) is 28.4 Å². The topological polar surface area (TPSA) is 86.4 Å². The van der Waals surface area contributed by atoms with Gasteiger partial charge in [0.15, 0.2) is 0 Å². The first-order valence-electron chi connectivity index (χ1n) is 11.2. The molecular weight excluding hydrogens is 1240 g/mol. The van der Waals surface area contributed by atoms with Gasteiger partial charge in [-0.3, -0.25) is 0 Å². The number of aliphatic imine (C=N–C) groups is 4. The number of fused-ring (bicyclic) bond motifs is 6. The molecule has 0 amide bonds. The van der Waals surface area contributed by atoms with Crippen molar-refractivity contribution in [3.63, 3.8) is 0 Å². The third-order valence-corrected chi connectivity index (χ3v) is 25.5. The van der Waals surface area contributed by atoms with E-state index in [1.165, 1.54) is 22.3 Å². The Hall–Kier alpha value is 0.648. The van der Waals surface area contributed by atoms with Crippen LogP contribution < -0.4 is 0 Å². The third kappa shape index (κ3) is 4.47. The minimum absolute atomic E-state index is 1.00. The maximum atomic E-state index is 5.77. The van der Waals surface area contributed by atoms with Gasteiger partial charge in [-0.2, -0.15) is 0 Å². The molecule has 2 spiro atoms. The molecule has 0 unspecified atom stereocenters. The third-order valence-electron chi connectivity index (χ3n) is 6.37. The molecule has 1 aliphatic carbocycles. The van der Waals surface area contributed by atoms with Crippen molar-refractivity contribution in [3.8, 4) is 11.1 Å². The van der Waals surface area contributed by atoms with Crippen LogP contribution in [-0.4, -0.2) is 140 Å². The van der Waals surface area contributed by atoms with Crippen LogP contribution in [0, 0.1) is 13.8 Å². The van der Waals surface area contributed by atoms with E-state index in [0.717, 1.165) is 24.2 Å². The van der Waals surface area contributed by atoms with Crippen molar-refractivity contribution in [2.24, 2.45) is 20.0 Å². The molecule has 0 saturated heterocycles. The summed E-state index contributed by atoms with van der Waals surface area (Å²) in [6.07, 6.45) is 0. The molecule has 2 aromatic carbocycles. The van der Waals surface area contributed by atoms with Crippen molar-refractivity contribution in [1.29, 1.82) is 0 Å². The van der Waals surface area contributed by atoms with Crippen molar-refractivity contribution in [2.75, 3.05) is 28.4 Å². The summed E-state index contributed by atoms with van der Waals surface area (Å²) in [7, 11) is 7.12. The Labute approximate surface area is 262 Å². The Morgan fingerprint density at radius 3 is 1.11 bits per heavy atom. The van der Waals surface area contributed by atoms with Crippen molar-refractivity contribution < 1.29 is 10.7 Å². The number of hydrogen-bond acceptors (Lipinski definition) is 8. The quantitative estimate of drug-likeness (QED) is 0.379. The standard InChI is InChI=1S/C20H12N4.4CH3O.4Pb/c1-13-5-3-7-15-17(13)18-14(2)6-4-8-16(18)20(23-11-12-24-20)19(15)21-9-10-22-19;4*1-2;;;;/h3-8H,1-2H3;4*1H3;;;;/q;4*-1;4*+1. The Morgan fingerprint density at radius 1 is 0.528 bits per heavy atom. The van der Waals surface area contributed by atoms with Gasteiger partial charge in [0, 0.05) is 0 Å². The summed E-state index contributed by atoms with van der Waals surface area (Å²) < 4.78 is 27.3. The van der Waals surface area contributed by atoms with E-state index in [4.69, 9.17) is 30.7 Å². The average Bonchev–Trinajstić information content (AvgIpc) is 3.40. The number of hydrogen-bond donors (Lipinski definition) is 0. The normalized spacial score (nSPS) is 18.6. The Morgan fingerprint density at radius 2 is 0.833 bits per heavy atom. The van der Waals surface area contributed by atoms with Gasteiger partial charge in [-0.1, -0.05) is 0 Å². The molecule has 36 heavy (non-hydrogen) atoms. The Balaban J connectivity index is 1.94. The van der Waals surface area contributed by atoms with Crippen LogP contribution in [-0.2, 0) is 22.1 Å². The molecule has 2 aromatic rings. The van der Waals surface area contributed by atoms with Gasteiger partial charge in [0.05, 0.1) is 0 Å². The van der Waals surface area contributed by atoms with E-state index >= 15 is 0 Å². The molecule has 3 aliphatic rings. The van der Waals surface area contributed by atoms with Gasteiger partial charge in [0.1, 0.15) is 0 Å². The first kappa shape index (κ1) is 28.2. The van der Waals surface area contributed by atoms with Gasteiger partial charge in [-0.25, -0.2) is 0 Å². The molecule has 0 aromatic heterocycles. The summed E-state index contributed by atoms with van der Waals surface area (Å²) in [6.45, 7) is 4.34. The first-order chi connectivity index (χ1) is 17.5. The fourth-order valence-corrected chi connectivity index (χ4v) is 20.7. The summed E-state index contributed by atoms with van der Waals surface area (Å²) >= 11 is -6.53. The molecule has 0 saturated carbocycles. The van der Waals surface area contributed by atoms with Gasteiger partial charge in [0.25, 0.3) is 0 Å². The van der Waals surface area contributed by atoms with Gasteiger partial charge in [0.2, 0.25) is 0 Å². The molecule has 8 nitrogen and oxygen atoms in total. The molecule has 0 N–H and O–H groups in total. The molecule has 180 valence electrons. The Kier molecular flexibility index (Phi) is 9.11. The first-order valence-corrected chi connectivity index (χ1v) is 25.3. The maximum absolute atomic E-state index is 5.77. The molecule has 2 heterocycles. The molecule has 2 aliphatic heterocycles. The molecule has 0 atom stereocenters. The summed E-state index contributed by atoms with van der Waals surface area (Å²) in [5, 5.41) is 0. The summed E-state index contributed by atoms with van der Waals surface area (Å²) in [6, 6.07) is 12.9. The second kappa shape index (κ2) is 11.6. The predicted octanol–water partition coefficient (Wildman–Crippen LogP) is 1.97. The van der Waals surface area contributed by atoms with Crippen LogP contribution in [0.2, 0.25) is 0 Å². The second-order valence-corrected chi connectivity index (χ2v) is 25.3. The Bertz CT molecular complexity index is 1200. The van der Waals surface area contributed by atoms with Crippen molar-refractivity contribution in [2.45, 2.75) is 25.2 Å². The molecule has 0 bridgehead atoms. The summed E-state index contributed by atoms with van der Waals surface area (Å²) in [5.41, 5.74) is 4.94. The van der Waals surface area contributed by atoms with Crippen LogP contribution in [0.4, 0.5) is 0 Å². The van der Waals surface area contributed by atoms with E-state index in [2.05, 4.69) is 50.2 Å². The van der Waals surface area contributed by atoms with Crippen molar-refractivity contribution >= 4 is 112 Å². The van der Waals surface area contributed by atoms with Gasteiger partial charge in [-0.05, 0) is 0 Å². The zero-order chi connectivity index (χ0) is 25.5. The number of nitrogens with zero attached hydrogens (tertiary/aromatic N) is 4. The van der Waals surface area contributed by atoms with Gasteiger partial charge in [-0.15, -0.1) is 0 Å². The van der Waals surface area contributed by atoms with Gasteiger partial charge < -0.3 is 0 Å². The average molecular weight is 1260 g/mol. The molecular formula is C24H24N4O4Pb4. The van der Waals surface area contributed by atoms with Crippen molar-refractivity contribution in [1.82, 2.24) is 0 Å². The molecule has 5 rings (SSSR count). The molecule has 0 fully saturated rings. The molecule has 12 heteroatoms. The number of benzene rings is 2. The van der Waals surface area contributed by atoms with Crippen LogP contribution >= 0.6 is 0 Å². The number of rotatable bonds is 8. The van der Waals surface area contributed by atoms with Crippen LogP contribution in [0.3, 0.4) is 0 Å². The monoisotopic (exact) mass is 1260 g/mol. The number of aryl methyl sites for hydroxylation is 2. The van der Waals surface area contributed by atoms with Crippen LogP contribution in [0.25, 0.3) is 11.1 Å². The van der Waals surface area contributed by atoms with E-state index in [9.17, 15) is 0 Å². The van der Waals surface area contributed by atoms with Crippen LogP contribution in [0.5, 0.6) is 0 Å². The van der Waals surface area contributed by atoms with Crippen LogP contribution in [0.1, 0.15) is 22.3 Å². The summed E-state index contributed by atoms with van der Waals surface area (Å²) in [5.74, 6) is 0. The zero-order valence-corrected chi connectivity index (χ0v) is 36.4. The summed E-state index contributed by atoms with van der Waals surface area (Å²) in [4.78, 5) is 22.0. The fourth-order valence-electron chi connectivity index (χ4n) is 5.09. The fraction of sp³-hybridized carbons (Fsp3) is 0.333. The van der Waals surface area contributed by atoms with Crippen molar-refractivity contribution in [3.05, 3.63) is 58.7 Å². The van der Waals surface area contributed by atoms with E-state index in [0.29, 0.717) is 0 Å². The SMILES string of the molecule is C[O][Pb][C]1=NC2(N=[C]1[Pb][O]C)c1cccc(C)c1-c1c(C)cccc1C21N=[C]([Pb][O]C)[C]([Pb][O]C)=N1. The second-order valence-electron chi connectivity index (χ2n) is 8.41. The molecule has 8 radical (unpaired) electrons. The zero-order valence-electron chi connectivity index (χ0n) is 20.9.